The molecule has 1 amide bonds. The van der Waals surface area contributed by atoms with Crippen molar-refractivity contribution in [1.82, 2.24) is 9.80 Å². The number of rotatable bonds is 8. The summed E-state index contributed by atoms with van der Waals surface area (Å²) in [4.78, 5) is 17.3. The van der Waals surface area contributed by atoms with Gasteiger partial charge < -0.3 is 14.4 Å². The van der Waals surface area contributed by atoms with Crippen LogP contribution in [-0.4, -0.2) is 49.6 Å². The van der Waals surface area contributed by atoms with Crippen molar-refractivity contribution in [3.05, 3.63) is 58.6 Å². The van der Waals surface area contributed by atoms with E-state index in [4.69, 9.17) is 21.1 Å². The first-order valence-electron chi connectivity index (χ1n) is 10.0. The van der Waals surface area contributed by atoms with Gasteiger partial charge in [0.1, 0.15) is 0 Å². The number of carbonyl (C=O) groups is 1. The van der Waals surface area contributed by atoms with Crippen LogP contribution in [0.2, 0.25) is 5.02 Å². The SMILES string of the molecule is CCN(CC(=O)N1CCCC1c1ccc(OC)c(OC)c1)Cc1cccc(Cl)c1. The smallest absolute Gasteiger partial charge is 0.237 e. The van der Waals surface area contributed by atoms with Crippen molar-refractivity contribution >= 4 is 17.5 Å². The molecule has 2 aromatic rings. The Morgan fingerprint density at radius 3 is 2.66 bits per heavy atom. The fourth-order valence-electron chi connectivity index (χ4n) is 3.93. The molecular formula is C23H29ClN2O3. The van der Waals surface area contributed by atoms with E-state index in [2.05, 4.69) is 11.8 Å². The molecule has 5 nitrogen and oxygen atoms in total. The lowest BCUT2D eigenvalue weighted by atomic mass is 10.0. The topological polar surface area (TPSA) is 42.0 Å². The lowest BCUT2D eigenvalue weighted by Gasteiger charge is -2.29. The number of halogens is 1. The summed E-state index contributed by atoms with van der Waals surface area (Å²) >= 11 is 6.10. The molecule has 6 heteroatoms. The molecule has 0 radical (unpaired) electrons. The maximum atomic E-state index is 13.1. The van der Waals surface area contributed by atoms with Gasteiger partial charge in [-0.15, -0.1) is 0 Å². The Balaban J connectivity index is 1.70. The van der Waals surface area contributed by atoms with Crippen LogP contribution in [0, 0.1) is 0 Å². The molecular weight excluding hydrogens is 388 g/mol. The molecule has 1 aliphatic rings. The van der Waals surface area contributed by atoms with Gasteiger partial charge in [-0.3, -0.25) is 9.69 Å². The van der Waals surface area contributed by atoms with Crippen molar-refractivity contribution in [2.24, 2.45) is 0 Å². The Morgan fingerprint density at radius 1 is 1.17 bits per heavy atom. The van der Waals surface area contributed by atoms with Gasteiger partial charge in [0.25, 0.3) is 0 Å². The molecule has 1 heterocycles. The van der Waals surface area contributed by atoms with Gasteiger partial charge in [0.15, 0.2) is 11.5 Å². The maximum absolute atomic E-state index is 13.1. The predicted molar refractivity (Wildman–Crippen MR) is 116 cm³/mol. The third-order valence-corrected chi connectivity index (χ3v) is 5.70. The van der Waals surface area contributed by atoms with Gasteiger partial charge >= 0.3 is 0 Å². The number of likely N-dealkylation sites (N-methyl/N-ethyl adjacent to an activating group) is 1. The first kappa shape index (κ1) is 21.5. The monoisotopic (exact) mass is 416 g/mol. The summed E-state index contributed by atoms with van der Waals surface area (Å²) in [7, 11) is 3.26. The highest BCUT2D eigenvalue weighted by atomic mass is 35.5. The molecule has 2 aromatic carbocycles. The van der Waals surface area contributed by atoms with Crippen molar-refractivity contribution in [2.45, 2.75) is 32.4 Å². The summed E-state index contributed by atoms with van der Waals surface area (Å²) in [5.74, 6) is 1.55. The normalized spacial score (nSPS) is 16.3. The number of hydrogen-bond acceptors (Lipinski definition) is 4. The Kier molecular flexibility index (Phi) is 7.40. The van der Waals surface area contributed by atoms with E-state index >= 15 is 0 Å². The van der Waals surface area contributed by atoms with Crippen molar-refractivity contribution < 1.29 is 14.3 Å². The highest BCUT2D eigenvalue weighted by Gasteiger charge is 2.31. The fourth-order valence-corrected chi connectivity index (χ4v) is 4.14. The Bertz CT molecular complexity index is 843. The first-order valence-corrected chi connectivity index (χ1v) is 10.4. The summed E-state index contributed by atoms with van der Waals surface area (Å²) in [6.07, 6.45) is 1.97. The summed E-state index contributed by atoms with van der Waals surface area (Å²) in [6, 6.07) is 13.8. The van der Waals surface area contributed by atoms with Crippen LogP contribution in [0.5, 0.6) is 11.5 Å². The van der Waals surface area contributed by atoms with E-state index in [0.29, 0.717) is 24.6 Å². The standard InChI is InChI=1S/C23H29ClN2O3/c1-4-25(15-17-7-5-8-19(24)13-17)16-23(27)26-12-6-9-20(26)18-10-11-21(28-2)22(14-18)29-3/h5,7-8,10-11,13-14,20H,4,6,9,12,15-16H2,1-3H3. The largest absolute Gasteiger partial charge is 0.493 e. The van der Waals surface area contributed by atoms with Crippen LogP contribution in [0.15, 0.2) is 42.5 Å². The van der Waals surface area contributed by atoms with Crippen LogP contribution in [-0.2, 0) is 11.3 Å². The van der Waals surface area contributed by atoms with Crippen molar-refractivity contribution in [3.63, 3.8) is 0 Å². The van der Waals surface area contributed by atoms with Crippen molar-refractivity contribution in [2.75, 3.05) is 33.9 Å². The average molecular weight is 417 g/mol. The fraction of sp³-hybridized carbons (Fsp3) is 0.435. The minimum atomic E-state index is 0.0761. The molecule has 0 bridgehead atoms. The second kappa shape index (κ2) is 9.99. The van der Waals surface area contributed by atoms with E-state index in [1.54, 1.807) is 14.2 Å². The third-order valence-electron chi connectivity index (χ3n) is 5.47. The van der Waals surface area contributed by atoms with Crippen molar-refractivity contribution in [1.29, 1.82) is 0 Å². The van der Waals surface area contributed by atoms with E-state index in [1.807, 2.05) is 47.4 Å². The number of methoxy groups -OCH3 is 2. The van der Waals surface area contributed by atoms with Gasteiger partial charge in [-0.1, -0.05) is 36.7 Å². The van der Waals surface area contributed by atoms with Crippen LogP contribution in [0.25, 0.3) is 0 Å². The Morgan fingerprint density at radius 2 is 1.97 bits per heavy atom. The summed E-state index contributed by atoms with van der Waals surface area (Å²) in [5, 5.41) is 0.720. The summed E-state index contributed by atoms with van der Waals surface area (Å²) < 4.78 is 10.8. The molecule has 0 saturated carbocycles. The zero-order chi connectivity index (χ0) is 20.8. The minimum Gasteiger partial charge on any atom is -0.493 e. The van der Waals surface area contributed by atoms with Gasteiger partial charge in [-0.2, -0.15) is 0 Å². The first-order chi connectivity index (χ1) is 14.0. The van der Waals surface area contributed by atoms with Gasteiger partial charge in [0, 0.05) is 18.1 Å². The molecule has 29 heavy (non-hydrogen) atoms. The van der Waals surface area contributed by atoms with Gasteiger partial charge in [-0.25, -0.2) is 0 Å². The van der Waals surface area contributed by atoms with E-state index in [0.717, 1.165) is 42.1 Å². The zero-order valence-electron chi connectivity index (χ0n) is 17.4. The molecule has 156 valence electrons. The summed E-state index contributed by atoms with van der Waals surface area (Å²) in [5.41, 5.74) is 2.21. The van der Waals surface area contributed by atoms with Gasteiger partial charge in [-0.05, 0) is 54.8 Å². The molecule has 1 fully saturated rings. The lowest BCUT2D eigenvalue weighted by Crippen LogP contribution is -2.39. The molecule has 0 aliphatic carbocycles. The zero-order valence-corrected chi connectivity index (χ0v) is 18.1. The maximum Gasteiger partial charge on any atom is 0.237 e. The number of benzene rings is 2. The number of amides is 1. The molecule has 0 aromatic heterocycles. The Hall–Kier alpha value is -2.24. The summed E-state index contributed by atoms with van der Waals surface area (Å²) in [6.45, 7) is 4.76. The van der Waals surface area contributed by atoms with Crippen molar-refractivity contribution in [3.8, 4) is 11.5 Å². The molecule has 1 unspecified atom stereocenters. The van der Waals surface area contributed by atoms with Crippen LogP contribution >= 0.6 is 11.6 Å². The average Bonchev–Trinajstić information content (AvgIpc) is 3.22. The quantitative estimate of drug-likeness (QED) is 0.633. The number of nitrogens with zero attached hydrogens (tertiary/aromatic N) is 2. The Labute approximate surface area is 178 Å². The minimum absolute atomic E-state index is 0.0761. The lowest BCUT2D eigenvalue weighted by molar-refractivity contribution is -0.133. The van der Waals surface area contributed by atoms with Crippen LogP contribution < -0.4 is 9.47 Å². The highest BCUT2D eigenvalue weighted by Crippen LogP contribution is 2.37. The number of likely N-dealkylation sites (tertiary alicyclic amines) is 1. The molecule has 1 saturated heterocycles. The highest BCUT2D eigenvalue weighted by molar-refractivity contribution is 6.30. The molecule has 1 aliphatic heterocycles. The van der Waals surface area contributed by atoms with E-state index in [-0.39, 0.29) is 11.9 Å². The third kappa shape index (κ3) is 5.22. The van der Waals surface area contributed by atoms with E-state index < -0.39 is 0 Å². The second-order valence-corrected chi connectivity index (χ2v) is 7.73. The van der Waals surface area contributed by atoms with E-state index in [1.165, 1.54) is 0 Å². The van der Waals surface area contributed by atoms with Crippen LogP contribution in [0.3, 0.4) is 0 Å². The van der Waals surface area contributed by atoms with Gasteiger partial charge in [0.05, 0.1) is 26.8 Å². The number of carbonyl (C=O) groups excluding carboxylic acids is 1. The van der Waals surface area contributed by atoms with Crippen LogP contribution in [0.4, 0.5) is 0 Å². The molecule has 0 spiro atoms. The van der Waals surface area contributed by atoms with E-state index in [9.17, 15) is 4.79 Å². The predicted octanol–water partition coefficient (Wildman–Crippen LogP) is 4.54. The molecule has 1 atom stereocenters. The second-order valence-electron chi connectivity index (χ2n) is 7.29. The molecule has 0 N–H and O–H groups in total. The van der Waals surface area contributed by atoms with Crippen LogP contribution in [0.1, 0.15) is 36.9 Å². The number of hydrogen-bond donors (Lipinski definition) is 0. The molecule has 3 rings (SSSR count). The van der Waals surface area contributed by atoms with Gasteiger partial charge in [0.2, 0.25) is 5.91 Å². The number of ether oxygens (including phenoxy) is 2.